The number of carboxylic acids is 2. The van der Waals surface area contributed by atoms with Crippen LogP contribution in [0.15, 0.2) is 72.8 Å². The lowest BCUT2D eigenvalue weighted by molar-refractivity contribution is 0.0681. The quantitative estimate of drug-likeness (QED) is 0.0530. The number of esters is 4. The second-order valence-electron chi connectivity index (χ2n) is 13.3. The molecule has 16 N–H and O–H groups in total. The molecule has 26 heteroatoms. The molecule has 0 aliphatic rings. The molecular weight excluding hydrogens is 920 g/mol. The highest BCUT2D eigenvalue weighted by Crippen LogP contribution is 2.43. The number of hydrogen-bond acceptors (Lipinski definition) is 24. The summed E-state index contributed by atoms with van der Waals surface area (Å²) in [6, 6.07) is 8.70. The molecule has 0 aliphatic carbocycles. The lowest BCUT2D eigenvalue weighted by Crippen LogP contribution is -2.12. The smallest absolute Gasteiger partial charge is 0.343 e. The van der Waals surface area contributed by atoms with Crippen molar-refractivity contribution in [3.05, 3.63) is 106 Å². The van der Waals surface area contributed by atoms with Crippen LogP contribution in [0, 0.1) is 0 Å². The third-order valence-corrected chi connectivity index (χ3v) is 8.61. The summed E-state index contributed by atoms with van der Waals surface area (Å²) in [5.74, 6) is -24.1. The molecular formula is C42H28O26. The summed E-state index contributed by atoms with van der Waals surface area (Å²) in [6.07, 6.45) is 0. The Balaban J connectivity index is 0.000000254. The summed E-state index contributed by atoms with van der Waals surface area (Å²) < 4.78 is 19.4. The molecule has 0 heterocycles. The first-order chi connectivity index (χ1) is 31.8. The van der Waals surface area contributed by atoms with Gasteiger partial charge in [-0.3, -0.25) is 0 Å². The van der Waals surface area contributed by atoms with E-state index in [-0.39, 0.29) is 0 Å². The fourth-order valence-corrected chi connectivity index (χ4v) is 5.25. The molecule has 6 aromatic rings. The minimum atomic E-state index is -1.50. The number of hydrogen-bond donors (Lipinski definition) is 16. The fourth-order valence-electron chi connectivity index (χ4n) is 5.25. The van der Waals surface area contributed by atoms with Crippen molar-refractivity contribution in [2.45, 2.75) is 0 Å². The third-order valence-electron chi connectivity index (χ3n) is 8.61. The van der Waals surface area contributed by atoms with Crippen molar-refractivity contribution in [2.75, 3.05) is 0 Å². The summed E-state index contributed by atoms with van der Waals surface area (Å²) in [6.45, 7) is 0. The van der Waals surface area contributed by atoms with Crippen LogP contribution in [0.3, 0.4) is 0 Å². The molecule has 0 saturated heterocycles. The lowest BCUT2D eigenvalue weighted by atomic mass is 10.1. The Morgan fingerprint density at radius 2 is 0.412 bits per heavy atom. The minimum absolute atomic E-state index is 0.481. The van der Waals surface area contributed by atoms with Crippen LogP contribution >= 0.6 is 0 Å². The van der Waals surface area contributed by atoms with Gasteiger partial charge in [0, 0.05) is 0 Å². The molecule has 0 unspecified atom stereocenters. The van der Waals surface area contributed by atoms with E-state index < -0.39 is 173 Å². The Morgan fingerprint density at radius 1 is 0.250 bits per heavy atom. The van der Waals surface area contributed by atoms with E-state index in [2.05, 4.69) is 0 Å². The SMILES string of the molecule is O=C(O)c1cc(O)c(O)c(OC(=O)c2cc(O)c(O)c(OC(=O)c3cc(O)c(O)c(O)c3)c2)c1.O=C(O)c1cc(O)c(O)c(OC(=O)c2cc(O)c(O)c(OC(=O)c3cc(O)c(O)c(O)c3)c2)c1. The van der Waals surface area contributed by atoms with Crippen LogP contribution < -0.4 is 18.9 Å². The first-order valence-corrected chi connectivity index (χ1v) is 17.9. The van der Waals surface area contributed by atoms with Crippen molar-refractivity contribution >= 4 is 35.8 Å². The Bertz CT molecular complexity index is 2850. The number of carbonyl (C=O) groups is 6. The number of aromatic carboxylic acids is 2. The average Bonchev–Trinajstić information content (AvgIpc) is 3.27. The van der Waals surface area contributed by atoms with E-state index in [1.54, 1.807) is 0 Å². The zero-order valence-corrected chi connectivity index (χ0v) is 33.2. The largest absolute Gasteiger partial charge is 0.504 e. The van der Waals surface area contributed by atoms with Crippen molar-refractivity contribution in [2.24, 2.45) is 0 Å². The van der Waals surface area contributed by atoms with E-state index in [1.807, 2.05) is 0 Å². The van der Waals surface area contributed by atoms with E-state index in [0.29, 0.717) is 24.3 Å². The number of aromatic hydroxyl groups is 14. The predicted octanol–water partition coefficient (Wildman–Crippen LogP) is 3.52. The molecule has 0 aliphatic heterocycles. The Labute approximate surface area is 374 Å². The van der Waals surface area contributed by atoms with Crippen molar-refractivity contribution in [3.63, 3.8) is 0 Å². The van der Waals surface area contributed by atoms with Gasteiger partial charge in [-0.25, -0.2) is 28.8 Å². The van der Waals surface area contributed by atoms with Gasteiger partial charge in [0.2, 0.25) is 23.0 Å². The number of phenolic OH excluding ortho intramolecular Hbond substituents is 14. The summed E-state index contributed by atoms with van der Waals surface area (Å²) in [5, 5.41) is 153. The van der Waals surface area contributed by atoms with Gasteiger partial charge in [0.1, 0.15) is 0 Å². The molecule has 0 bridgehead atoms. The number of rotatable bonds is 10. The molecule has 0 atom stereocenters. The van der Waals surface area contributed by atoms with Gasteiger partial charge in [-0.05, 0) is 72.8 Å². The maximum atomic E-state index is 12.5. The number of phenols is 14. The van der Waals surface area contributed by atoms with Crippen LogP contribution in [0.1, 0.15) is 62.1 Å². The van der Waals surface area contributed by atoms with Gasteiger partial charge < -0.3 is 101 Å². The zero-order chi connectivity index (χ0) is 50.6. The number of carboxylic acid groups (broad SMARTS) is 2. The Kier molecular flexibility index (Phi) is 13.5. The number of benzene rings is 6. The molecule has 0 fully saturated rings. The zero-order valence-electron chi connectivity index (χ0n) is 33.2. The molecule has 6 rings (SSSR count). The number of ether oxygens (including phenoxy) is 4. The normalized spacial score (nSPS) is 10.5. The maximum absolute atomic E-state index is 12.5. The average molecular weight is 949 g/mol. The molecule has 352 valence electrons. The Hall–Kier alpha value is -10.7. The van der Waals surface area contributed by atoms with E-state index in [0.717, 1.165) is 48.5 Å². The van der Waals surface area contributed by atoms with Gasteiger partial charge >= 0.3 is 35.8 Å². The first-order valence-electron chi connectivity index (χ1n) is 17.9. The third kappa shape index (κ3) is 10.4. The van der Waals surface area contributed by atoms with E-state index in [9.17, 15) is 100 Å². The monoisotopic (exact) mass is 948 g/mol. The van der Waals surface area contributed by atoms with E-state index in [4.69, 9.17) is 29.2 Å². The van der Waals surface area contributed by atoms with Crippen LogP contribution in [0.5, 0.6) is 103 Å². The molecule has 0 radical (unpaired) electrons. The van der Waals surface area contributed by atoms with E-state index >= 15 is 0 Å². The number of carbonyl (C=O) groups excluding carboxylic acids is 4. The van der Waals surface area contributed by atoms with Gasteiger partial charge in [0.05, 0.1) is 33.4 Å². The lowest BCUT2D eigenvalue weighted by Gasteiger charge is -2.12. The highest BCUT2D eigenvalue weighted by molar-refractivity contribution is 5.98. The van der Waals surface area contributed by atoms with Crippen molar-refractivity contribution in [1.82, 2.24) is 0 Å². The van der Waals surface area contributed by atoms with Crippen LogP contribution in [-0.2, 0) is 0 Å². The van der Waals surface area contributed by atoms with Crippen molar-refractivity contribution in [3.8, 4) is 103 Å². The standard InChI is InChI=1S/2C21H14O13/c2*22-10-2-8(3-11(23)16(10)26)20(31)34-15-6-9(4-13(25)18(15)28)21(32)33-14-5-7(19(29)30)1-12(24)17(14)27/h2*1-6,22-28H,(H,29,30). The van der Waals surface area contributed by atoms with Gasteiger partial charge in [-0.15, -0.1) is 0 Å². The second kappa shape index (κ2) is 19.0. The molecule has 6 aromatic carbocycles. The molecule has 0 spiro atoms. The summed E-state index contributed by atoms with van der Waals surface area (Å²) >= 11 is 0. The molecule has 0 aromatic heterocycles. The first kappa shape index (κ1) is 48.4. The highest BCUT2D eigenvalue weighted by atomic mass is 16.6. The summed E-state index contributed by atoms with van der Waals surface area (Å²) in [7, 11) is 0. The summed E-state index contributed by atoms with van der Waals surface area (Å²) in [4.78, 5) is 71.7. The van der Waals surface area contributed by atoms with Crippen LogP contribution in [0.4, 0.5) is 0 Å². The van der Waals surface area contributed by atoms with Crippen molar-refractivity contribution in [1.29, 1.82) is 0 Å². The summed E-state index contributed by atoms with van der Waals surface area (Å²) in [5.41, 5.74) is -3.11. The highest BCUT2D eigenvalue weighted by Gasteiger charge is 2.26. The maximum Gasteiger partial charge on any atom is 0.343 e. The molecule has 26 nitrogen and oxygen atoms in total. The predicted molar refractivity (Wildman–Crippen MR) is 216 cm³/mol. The molecule has 0 amide bonds. The van der Waals surface area contributed by atoms with Crippen LogP contribution in [-0.4, -0.2) is 118 Å². The van der Waals surface area contributed by atoms with Crippen LogP contribution in [0.2, 0.25) is 0 Å². The second-order valence-corrected chi connectivity index (χ2v) is 13.3. The van der Waals surface area contributed by atoms with Gasteiger partial charge in [-0.2, -0.15) is 0 Å². The van der Waals surface area contributed by atoms with Gasteiger partial charge in [-0.1, -0.05) is 0 Å². The minimum Gasteiger partial charge on any atom is -0.504 e. The van der Waals surface area contributed by atoms with Crippen molar-refractivity contribution < 1.29 is 129 Å². The van der Waals surface area contributed by atoms with Gasteiger partial charge in [0.25, 0.3) is 0 Å². The topological polar surface area (TPSA) is 463 Å². The van der Waals surface area contributed by atoms with Gasteiger partial charge in [0.15, 0.2) is 80.5 Å². The Morgan fingerprint density at radius 3 is 0.618 bits per heavy atom. The molecule has 68 heavy (non-hydrogen) atoms. The fraction of sp³-hybridized carbons (Fsp3) is 0. The molecule has 0 saturated carbocycles. The van der Waals surface area contributed by atoms with Crippen LogP contribution in [0.25, 0.3) is 0 Å². The van der Waals surface area contributed by atoms with E-state index in [1.165, 1.54) is 0 Å².